The highest BCUT2D eigenvalue weighted by Crippen LogP contribution is 2.45. The molecule has 55 heavy (non-hydrogen) atoms. The van der Waals surface area contributed by atoms with E-state index in [2.05, 4.69) is 94.9 Å². The van der Waals surface area contributed by atoms with E-state index in [0.29, 0.717) is 49.0 Å². The minimum absolute atomic E-state index is 0.187. The maximum Gasteiger partial charge on any atom is 0.270 e. The molecule has 8 nitrogen and oxygen atoms in total. The molecule has 5 aromatic rings. The van der Waals surface area contributed by atoms with E-state index in [-0.39, 0.29) is 23.8 Å². The number of halogens is 1. The van der Waals surface area contributed by atoms with Crippen LogP contribution >= 0.6 is 15.9 Å². The number of carbonyl (C=O) groups excluding carboxylic acids is 1. The van der Waals surface area contributed by atoms with Gasteiger partial charge in [0.05, 0.1) is 16.5 Å². The molecule has 0 saturated carbocycles. The number of hydrogen-bond acceptors (Lipinski definition) is 6. The third-order valence-electron chi connectivity index (χ3n) is 10.2. The van der Waals surface area contributed by atoms with Gasteiger partial charge in [-0.2, -0.15) is 0 Å². The second-order valence-electron chi connectivity index (χ2n) is 16.1. The molecule has 2 aliphatic rings. The van der Waals surface area contributed by atoms with Crippen LogP contribution in [0.4, 0.5) is 0 Å². The summed E-state index contributed by atoms with van der Waals surface area (Å²) in [5, 5.41) is 5.29. The first kappa shape index (κ1) is 39.1. The summed E-state index contributed by atoms with van der Waals surface area (Å²) in [7, 11) is -4.20. The summed E-state index contributed by atoms with van der Waals surface area (Å²) in [6.07, 6.45) is 0.581. The fourth-order valence-electron chi connectivity index (χ4n) is 7.73. The fourth-order valence-corrected chi connectivity index (χ4v) is 14.1. The summed E-state index contributed by atoms with van der Waals surface area (Å²) in [6.45, 7) is 14.2. The number of benzene rings is 4. The maximum atomic E-state index is 14.4. The molecule has 0 saturated heterocycles. The Balaban J connectivity index is 1.27. The molecule has 3 heterocycles. The molecule has 0 aliphatic carbocycles. The Morgan fingerprint density at radius 1 is 0.891 bits per heavy atom. The van der Waals surface area contributed by atoms with Crippen LogP contribution in [0.5, 0.6) is 11.5 Å². The van der Waals surface area contributed by atoms with E-state index in [0.717, 1.165) is 26.7 Å². The zero-order valence-electron chi connectivity index (χ0n) is 32.2. The topological polar surface area (TPSA) is 90.0 Å². The van der Waals surface area contributed by atoms with Crippen LogP contribution in [-0.2, 0) is 28.5 Å². The monoisotopic (exact) mass is 837 g/mol. The molecular weight excluding hydrogens is 791 g/mol. The van der Waals surface area contributed by atoms with Gasteiger partial charge in [-0.05, 0) is 84.1 Å². The van der Waals surface area contributed by atoms with Gasteiger partial charge in [0.2, 0.25) is 6.79 Å². The average Bonchev–Trinajstić information content (AvgIpc) is 3.79. The van der Waals surface area contributed by atoms with E-state index in [9.17, 15) is 9.00 Å². The van der Waals surface area contributed by atoms with E-state index < -0.39 is 24.1 Å². The normalized spacial score (nSPS) is 16.2. The summed E-state index contributed by atoms with van der Waals surface area (Å²) in [5.41, 5.74) is 4.69. The van der Waals surface area contributed by atoms with Crippen molar-refractivity contribution in [2.45, 2.75) is 76.9 Å². The van der Waals surface area contributed by atoms with Gasteiger partial charge in [0.1, 0.15) is 16.7 Å². The van der Waals surface area contributed by atoms with Gasteiger partial charge in [-0.25, -0.2) is 13.5 Å². The number of nitrogens with zero attached hydrogens (tertiary/aromatic N) is 2. The van der Waals surface area contributed by atoms with Gasteiger partial charge in [0.25, 0.3) is 14.2 Å². The first-order valence-electron chi connectivity index (χ1n) is 18.7. The third kappa shape index (κ3) is 7.95. The lowest BCUT2D eigenvalue weighted by Crippen LogP contribution is -2.66. The molecule has 286 valence electrons. The Kier molecular flexibility index (Phi) is 11.2. The zero-order valence-corrected chi connectivity index (χ0v) is 35.6. The van der Waals surface area contributed by atoms with Crippen molar-refractivity contribution in [3.63, 3.8) is 0 Å². The highest BCUT2D eigenvalue weighted by atomic mass is 79.9. The number of hydrogen-bond donors (Lipinski definition) is 1. The van der Waals surface area contributed by atoms with Gasteiger partial charge >= 0.3 is 0 Å². The Labute approximate surface area is 336 Å². The smallest absolute Gasteiger partial charge is 0.270 e. The van der Waals surface area contributed by atoms with E-state index >= 15 is 0 Å². The fraction of sp³-hybridized carbons (Fsp3) is 0.318. The van der Waals surface area contributed by atoms with Crippen molar-refractivity contribution in [3.05, 3.63) is 136 Å². The van der Waals surface area contributed by atoms with Gasteiger partial charge in [-0.1, -0.05) is 116 Å². The molecule has 0 fully saturated rings. The number of amides is 1. The number of pyridine rings is 1. The van der Waals surface area contributed by atoms with Crippen molar-refractivity contribution < 1.29 is 22.9 Å². The zero-order chi connectivity index (χ0) is 39.0. The lowest BCUT2D eigenvalue weighted by atomic mass is 9.96. The summed E-state index contributed by atoms with van der Waals surface area (Å²) >= 11 is 3.66. The van der Waals surface area contributed by atoms with Gasteiger partial charge < -0.3 is 19.2 Å². The van der Waals surface area contributed by atoms with Crippen LogP contribution in [0, 0.1) is 0 Å². The predicted molar refractivity (Wildman–Crippen MR) is 225 cm³/mol. The molecule has 0 radical (unpaired) electrons. The molecular formula is C44H48BrN3O5SSi. The predicted octanol–water partition coefficient (Wildman–Crippen LogP) is 8.46. The summed E-state index contributed by atoms with van der Waals surface area (Å²) in [5.74, 6) is 1.06. The second kappa shape index (κ2) is 15.8. The molecule has 0 unspecified atom stereocenters. The van der Waals surface area contributed by atoms with Crippen molar-refractivity contribution in [2.24, 2.45) is 0 Å². The van der Waals surface area contributed by atoms with Crippen molar-refractivity contribution >= 4 is 51.5 Å². The molecule has 7 rings (SSSR count). The Bertz CT molecular complexity index is 2170. The number of fused-ring (bicyclic) bond motifs is 2. The van der Waals surface area contributed by atoms with Gasteiger partial charge in [0.15, 0.2) is 11.5 Å². The molecule has 2 aliphatic heterocycles. The first-order valence-corrected chi connectivity index (χ1v) is 22.5. The Morgan fingerprint density at radius 2 is 1.56 bits per heavy atom. The summed E-state index contributed by atoms with van der Waals surface area (Å²) in [4.78, 5) is 19.0. The van der Waals surface area contributed by atoms with Gasteiger partial charge in [0, 0.05) is 35.3 Å². The van der Waals surface area contributed by atoms with Crippen LogP contribution < -0.4 is 25.2 Å². The highest BCUT2D eigenvalue weighted by molar-refractivity contribution is 9.10. The minimum Gasteiger partial charge on any atom is -0.454 e. The molecule has 11 heteroatoms. The molecule has 0 spiro atoms. The van der Waals surface area contributed by atoms with Crippen molar-refractivity contribution in [3.8, 4) is 22.8 Å². The number of aromatic nitrogens is 1. The lowest BCUT2D eigenvalue weighted by molar-refractivity contribution is 0.0945. The molecule has 1 N–H and O–H groups in total. The van der Waals surface area contributed by atoms with E-state index in [1.165, 1.54) is 10.4 Å². The molecule has 1 amide bonds. The average molecular weight is 839 g/mol. The Morgan fingerprint density at radius 3 is 2.20 bits per heavy atom. The summed E-state index contributed by atoms with van der Waals surface area (Å²) in [6, 6.07) is 36.5. The van der Waals surface area contributed by atoms with Crippen molar-refractivity contribution in [1.82, 2.24) is 14.6 Å². The minimum atomic E-state index is -2.83. The lowest BCUT2D eigenvalue weighted by Gasteiger charge is -2.43. The molecule has 4 aromatic carbocycles. The quantitative estimate of drug-likeness (QED) is 0.134. The highest BCUT2D eigenvalue weighted by Gasteiger charge is 2.50. The summed E-state index contributed by atoms with van der Waals surface area (Å²) < 4.78 is 35.3. The third-order valence-corrected chi connectivity index (χ3v) is 17.6. The molecule has 2 atom stereocenters. The van der Waals surface area contributed by atoms with Crippen LogP contribution in [0.1, 0.15) is 81.2 Å². The largest absolute Gasteiger partial charge is 0.454 e. The number of rotatable bonds is 11. The van der Waals surface area contributed by atoms with Gasteiger partial charge in [-0.15, -0.1) is 0 Å². The van der Waals surface area contributed by atoms with E-state index in [1.54, 1.807) is 0 Å². The molecule has 1 aromatic heterocycles. The van der Waals surface area contributed by atoms with E-state index in [4.69, 9.17) is 18.9 Å². The van der Waals surface area contributed by atoms with Crippen LogP contribution in [-0.4, -0.2) is 45.9 Å². The van der Waals surface area contributed by atoms with Crippen LogP contribution in [0.2, 0.25) is 5.04 Å². The van der Waals surface area contributed by atoms with Crippen molar-refractivity contribution in [1.29, 1.82) is 0 Å². The van der Waals surface area contributed by atoms with Crippen LogP contribution in [0.15, 0.2) is 114 Å². The Hall–Kier alpha value is -4.13. The van der Waals surface area contributed by atoms with Gasteiger partial charge in [-0.3, -0.25) is 4.79 Å². The SMILES string of the molecule is CC(C)(C)[S@@](=O)N1Cc2cc(C(=O)NCc3ccc4c(c3)OCO4)nc(-c3cccc(Br)c3)c2[C@H]1CCO[Si](c1ccccc1)(c1ccccc1)C(C)(C)C. The number of ether oxygens (including phenoxy) is 2. The number of nitrogens with one attached hydrogen (secondary N) is 1. The first-order chi connectivity index (χ1) is 26.3. The standard InChI is InChI=1S/C44H48BrN3O5SSi/c1-43(2,3)54(50)48-28-32-26-36(42(49)46-27-30-20-21-38-39(24-30)52-29-51-38)47-41(31-14-13-15-33(45)25-31)40(32)37(48)22-23-53-55(44(4,5)6,34-16-9-7-10-17-34)35-18-11-8-12-19-35/h7-21,24-26,37H,22-23,27-29H2,1-6H3,(H,46,49)/t37-,54-/m1/s1. The van der Waals surface area contributed by atoms with Crippen molar-refractivity contribution in [2.75, 3.05) is 13.4 Å². The number of carbonyl (C=O) groups is 1. The van der Waals surface area contributed by atoms with E-state index in [1.807, 2.05) is 81.4 Å². The second-order valence-corrected chi connectivity index (χ2v) is 23.5. The van der Waals surface area contributed by atoms with Crippen LogP contribution in [0.3, 0.4) is 0 Å². The maximum absolute atomic E-state index is 14.4. The molecule has 0 bridgehead atoms. The van der Waals surface area contributed by atoms with Crippen LogP contribution in [0.25, 0.3) is 11.3 Å².